The Bertz CT molecular complexity index is 676. The zero-order valence-corrected chi connectivity index (χ0v) is 13.5. The fraction of sp³-hybridized carbons (Fsp3) is 0.562. The van der Waals surface area contributed by atoms with Crippen molar-refractivity contribution in [3.05, 3.63) is 24.2 Å². The van der Waals surface area contributed by atoms with E-state index in [4.69, 9.17) is 4.74 Å². The van der Waals surface area contributed by atoms with E-state index in [0.717, 1.165) is 5.52 Å². The van der Waals surface area contributed by atoms with Crippen molar-refractivity contribution in [1.29, 1.82) is 0 Å². The predicted molar refractivity (Wildman–Crippen MR) is 83.4 cm³/mol. The van der Waals surface area contributed by atoms with Crippen LogP contribution in [-0.4, -0.2) is 51.1 Å². The van der Waals surface area contributed by atoms with Crippen LogP contribution in [0.3, 0.4) is 0 Å². The number of hydrogen-bond donors (Lipinski definition) is 1. The minimum Gasteiger partial charge on any atom is -0.365 e. The van der Waals surface area contributed by atoms with E-state index in [9.17, 15) is 9.18 Å². The molecule has 3 heterocycles. The van der Waals surface area contributed by atoms with Crippen LogP contribution in [0.5, 0.6) is 0 Å². The zero-order valence-electron chi connectivity index (χ0n) is 13.5. The zero-order chi connectivity index (χ0) is 16.6. The molecule has 2 atom stereocenters. The third kappa shape index (κ3) is 3.34. The van der Waals surface area contributed by atoms with Gasteiger partial charge < -0.3 is 14.6 Å². The van der Waals surface area contributed by atoms with Gasteiger partial charge in [-0.05, 0) is 12.1 Å². The molecule has 1 aliphatic rings. The number of H-pyrrole nitrogens is 1. The molecule has 0 aliphatic carbocycles. The van der Waals surface area contributed by atoms with Crippen LogP contribution >= 0.6 is 0 Å². The molecule has 1 amide bonds. The summed E-state index contributed by atoms with van der Waals surface area (Å²) in [4.78, 5) is 25.3. The number of fused-ring (bicyclic) bond motifs is 1. The first kappa shape index (κ1) is 15.9. The molecule has 1 aliphatic heterocycles. The number of carbonyl (C=O) groups excluding carboxylic acids is 1. The Morgan fingerprint density at radius 1 is 1.48 bits per heavy atom. The van der Waals surface area contributed by atoms with Crippen molar-refractivity contribution in [1.82, 2.24) is 19.9 Å². The van der Waals surface area contributed by atoms with Crippen LogP contribution in [0, 0.1) is 5.41 Å². The first-order valence-corrected chi connectivity index (χ1v) is 7.69. The SMILES string of the molecule is CC(C)(C)C(=O)N1C[C@@H](F)[C@@H](OCc2nc3ncccc3[nH]2)C1. The monoisotopic (exact) mass is 320 g/mol. The number of aromatic amines is 1. The van der Waals surface area contributed by atoms with Gasteiger partial charge in [0.2, 0.25) is 5.91 Å². The number of likely N-dealkylation sites (tertiary alicyclic amines) is 1. The summed E-state index contributed by atoms with van der Waals surface area (Å²) < 4.78 is 19.8. The number of pyridine rings is 1. The number of nitrogens with one attached hydrogen (secondary N) is 1. The largest absolute Gasteiger partial charge is 0.365 e. The van der Waals surface area contributed by atoms with Gasteiger partial charge in [0.05, 0.1) is 12.1 Å². The highest BCUT2D eigenvalue weighted by molar-refractivity contribution is 5.81. The summed E-state index contributed by atoms with van der Waals surface area (Å²) in [5.41, 5.74) is 0.914. The van der Waals surface area contributed by atoms with Crippen molar-refractivity contribution in [2.45, 2.75) is 39.7 Å². The van der Waals surface area contributed by atoms with Gasteiger partial charge in [-0.15, -0.1) is 0 Å². The molecular formula is C16H21FN4O2. The molecule has 2 aromatic heterocycles. The van der Waals surface area contributed by atoms with E-state index >= 15 is 0 Å². The smallest absolute Gasteiger partial charge is 0.228 e. The van der Waals surface area contributed by atoms with Gasteiger partial charge in [-0.1, -0.05) is 20.8 Å². The van der Waals surface area contributed by atoms with E-state index in [1.807, 2.05) is 32.9 Å². The lowest BCUT2D eigenvalue weighted by molar-refractivity contribution is -0.138. The highest BCUT2D eigenvalue weighted by atomic mass is 19.1. The minimum absolute atomic E-state index is 0.0563. The van der Waals surface area contributed by atoms with Crippen molar-refractivity contribution in [2.24, 2.45) is 5.41 Å². The molecule has 0 unspecified atom stereocenters. The van der Waals surface area contributed by atoms with Gasteiger partial charge >= 0.3 is 0 Å². The molecule has 3 rings (SSSR count). The molecule has 124 valence electrons. The molecule has 0 bridgehead atoms. The first-order valence-electron chi connectivity index (χ1n) is 7.69. The van der Waals surface area contributed by atoms with E-state index in [1.54, 1.807) is 6.20 Å². The standard InChI is InChI=1S/C16H21FN4O2/c1-16(2,3)15(22)21-7-10(17)12(8-21)23-9-13-19-11-5-4-6-18-14(11)20-13/h4-6,10,12H,7-9H2,1-3H3,(H,18,19,20)/t10-,12+/m1/s1. The van der Waals surface area contributed by atoms with Gasteiger partial charge in [-0.3, -0.25) is 4.79 Å². The summed E-state index contributed by atoms with van der Waals surface area (Å²) in [5, 5.41) is 0. The van der Waals surface area contributed by atoms with Gasteiger partial charge in [-0.2, -0.15) is 0 Å². The molecule has 6 nitrogen and oxygen atoms in total. The van der Waals surface area contributed by atoms with E-state index in [2.05, 4.69) is 15.0 Å². The summed E-state index contributed by atoms with van der Waals surface area (Å²) in [5.74, 6) is 0.547. The minimum atomic E-state index is -1.18. The lowest BCUT2D eigenvalue weighted by Gasteiger charge is -2.25. The van der Waals surface area contributed by atoms with Crippen LogP contribution in [0.4, 0.5) is 4.39 Å². The number of imidazole rings is 1. The number of carbonyl (C=O) groups is 1. The number of amides is 1. The Balaban J connectivity index is 1.61. The Labute approximate surface area is 134 Å². The van der Waals surface area contributed by atoms with Crippen LogP contribution in [0.1, 0.15) is 26.6 Å². The third-order valence-corrected chi connectivity index (χ3v) is 3.87. The Kier molecular flexibility index (Phi) is 4.06. The topological polar surface area (TPSA) is 71.1 Å². The number of aromatic nitrogens is 3. The van der Waals surface area contributed by atoms with Crippen molar-refractivity contribution >= 4 is 17.1 Å². The van der Waals surface area contributed by atoms with Gasteiger partial charge in [0, 0.05) is 18.2 Å². The van der Waals surface area contributed by atoms with Crippen LogP contribution in [0.15, 0.2) is 18.3 Å². The molecular weight excluding hydrogens is 299 g/mol. The number of hydrogen-bond acceptors (Lipinski definition) is 4. The Morgan fingerprint density at radius 2 is 2.26 bits per heavy atom. The van der Waals surface area contributed by atoms with Crippen LogP contribution < -0.4 is 0 Å². The fourth-order valence-electron chi connectivity index (χ4n) is 2.68. The van der Waals surface area contributed by atoms with Crippen LogP contribution in [-0.2, 0) is 16.1 Å². The van der Waals surface area contributed by atoms with E-state index in [0.29, 0.717) is 11.5 Å². The maximum absolute atomic E-state index is 14.1. The lowest BCUT2D eigenvalue weighted by atomic mass is 9.95. The highest BCUT2D eigenvalue weighted by Gasteiger charge is 2.39. The summed E-state index contributed by atoms with van der Waals surface area (Å²) >= 11 is 0. The van der Waals surface area contributed by atoms with Gasteiger partial charge in [0.25, 0.3) is 0 Å². The predicted octanol–water partition coefficient (Wildman–Crippen LogP) is 2.07. The second-order valence-electron chi connectivity index (χ2n) is 6.88. The van der Waals surface area contributed by atoms with Crippen molar-refractivity contribution < 1.29 is 13.9 Å². The fourth-order valence-corrected chi connectivity index (χ4v) is 2.68. The summed E-state index contributed by atoms with van der Waals surface area (Å²) in [6.07, 6.45) is -0.135. The molecule has 23 heavy (non-hydrogen) atoms. The Morgan fingerprint density at radius 3 is 2.96 bits per heavy atom. The maximum Gasteiger partial charge on any atom is 0.228 e. The normalized spacial score (nSPS) is 22.0. The first-order chi connectivity index (χ1) is 10.8. The molecule has 1 N–H and O–H groups in total. The van der Waals surface area contributed by atoms with Crippen molar-refractivity contribution in [2.75, 3.05) is 13.1 Å². The van der Waals surface area contributed by atoms with Gasteiger partial charge in [0.15, 0.2) is 5.65 Å². The molecule has 7 heteroatoms. The third-order valence-electron chi connectivity index (χ3n) is 3.87. The van der Waals surface area contributed by atoms with Crippen LogP contribution in [0.25, 0.3) is 11.2 Å². The summed E-state index contributed by atoms with van der Waals surface area (Å²) in [6.45, 7) is 6.02. The van der Waals surface area contributed by atoms with E-state index in [-0.39, 0.29) is 25.6 Å². The lowest BCUT2D eigenvalue weighted by Crippen LogP contribution is -2.38. The molecule has 0 saturated carbocycles. The maximum atomic E-state index is 14.1. The summed E-state index contributed by atoms with van der Waals surface area (Å²) in [7, 11) is 0. The second-order valence-corrected chi connectivity index (χ2v) is 6.88. The molecule has 0 radical (unpaired) electrons. The number of ether oxygens (including phenoxy) is 1. The second kappa shape index (κ2) is 5.88. The quantitative estimate of drug-likeness (QED) is 0.940. The molecule has 1 fully saturated rings. The van der Waals surface area contributed by atoms with E-state index < -0.39 is 17.7 Å². The van der Waals surface area contributed by atoms with Gasteiger partial charge in [0.1, 0.15) is 24.7 Å². The summed E-state index contributed by atoms with van der Waals surface area (Å²) in [6, 6.07) is 3.69. The van der Waals surface area contributed by atoms with Crippen LogP contribution in [0.2, 0.25) is 0 Å². The molecule has 2 aromatic rings. The van der Waals surface area contributed by atoms with E-state index in [1.165, 1.54) is 4.90 Å². The number of rotatable bonds is 3. The van der Waals surface area contributed by atoms with Gasteiger partial charge in [-0.25, -0.2) is 14.4 Å². The highest BCUT2D eigenvalue weighted by Crippen LogP contribution is 2.24. The molecule has 0 aromatic carbocycles. The average molecular weight is 320 g/mol. The molecule has 1 saturated heterocycles. The van der Waals surface area contributed by atoms with Crippen molar-refractivity contribution in [3.8, 4) is 0 Å². The number of alkyl halides is 1. The number of nitrogens with zero attached hydrogens (tertiary/aromatic N) is 3. The average Bonchev–Trinajstić information content (AvgIpc) is 3.06. The van der Waals surface area contributed by atoms with Crippen molar-refractivity contribution in [3.63, 3.8) is 0 Å². The molecule has 0 spiro atoms. The Hall–Kier alpha value is -2.02. The number of halogens is 1.